The standard InChI is InChI=1S/C11H10F2N2S2/c12-11(13)17-10-4-2-1-3-9(10)15-6-8-5-14-7-16-8/h1-5,7,11,15H,6H2. The lowest BCUT2D eigenvalue weighted by Gasteiger charge is -2.10. The molecule has 1 aromatic heterocycles. The number of halogens is 2. The predicted octanol–water partition coefficient (Wildman–Crippen LogP) is 4.07. The van der Waals surface area contributed by atoms with Crippen LogP contribution in [0.5, 0.6) is 0 Å². The van der Waals surface area contributed by atoms with Crippen LogP contribution in [0.4, 0.5) is 14.5 Å². The topological polar surface area (TPSA) is 24.9 Å². The molecule has 0 amide bonds. The Kier molecular flexibility index (Phi) is 4.33. The Morgan fingerprint density at radius 1 is 1.35 bits per heavy atom. The van der Waals surface area contributed by atoms with Crippen LogP contribution >= 0.6 is 23.1 Å². The van der Waals surface area contributed by atoms with E-state index in [2.05, 4.69) is 10.3 Å². The molecule has 1 N–H and O–H groups in total. The average molecular weight is 272 g/mol. The molecule has 0 aliphatic rings. The molecule has 1 heterocycles. The molecular formula is C11H10F2N2S2. The third-order valence-electron chi connectivity index (χ3n) is 2.04. The maximum absolute atomic E-state index is 12.3. The van der Waals surface area contributed by atoms with Crippen LogP contribution in [0, 0.1) is 0 Å². The fourth-order valence-electron chi connectivity index (χ4n) is 1.32. The second-order valence-electron chi connectivity index (χ2n) is 3.20. The molecule has 0 fully saturated rings. The Balaban J connectivity index is 2.04. The largest absolute Gasteiger partial charge is 0.379 e. The molecule has 0 aliphatic heterocycles. The van der Waals surface area contributed by atoms with Crippen LogP contribution in [0.1, 0.15) is 4.88 Å². The van der Waals surface area contributed by atoms with Gasteiger partial charge < -0.3 is 5.32 Å². The summed E-state index contributed by atoms with van der Waals surface area (Å²) in [6.07, 6.45) is 1.76. The Hall–Kier alpha value is -1.14. The van der Waals surface area contributed by atoms with Gasteiger partial charge in [-0.1, -0.05) is 23.9 Å². The summed E-state index contributed by atoms with van der Waals surface area (Å²) in [5, 5.41) is 3.14. The summed E-state index contributed by atoms with van der Waals surface area (Å²) in [6, 6.07) is 7.06. The molecule has 6 heteroatoms. The lowest BCUT2D eigenvalue weighted by atomic mass is 10.3. The molecule has 90 valence electrons. The molecule has 2 rings (SSSR count). The lowest BCUT2D eigenvalue weighted by molar-refractivity contribution is 0.252. The zero-order valence-electron chi connectivity index (χ0n) is 8.77. The highest BCUT2D eigenvalue weighted by Gasteiger charge is 2.09. The monoisotopic (exact) mass is 272 g/mol. The lowest BCUT2D eigenvalue weighted by Crippen LogP contribution is -1.99. The molecule has 0 unspecified atom stereocenters. The Labute approximate surface area is 106 Å². The summed E-state index contributed by atoms with van der Waals surface area (Å²) in [5.41, 5.74) is 2.47. The summed E-state index contributed by atoms with van der Waals surface area (Å²) in [4.78, 5) is 5.59. The summed E-state index contributed by atoms with van der Waals surface area (Å²) in [6.45, 7) is 0.603. The highest BCUT2D eigenvalue weighted by atomic mass is 32.2. The van der Waals surface area contributed by atoms with E-state index in [1.807, 2.05) is 6.07 Å². The molecule has 0 saturated heterocycles. The molecular weight excluding hydrogens is 262 g/mol. The quantitative estimate of drug-likeness (QED) is 0.830. The van der Waals surface area contributed by atoms with Crippen molar-refractivity contribution in [2.75, 3.05) is 5.32 Å². The Morgan fingerprint density at radius 3 is 2.88 bits per heavy atom. The van der Waals surface area contributed by atoms with Crippen LogP contribution in [0.15, 0.2) is 40.9 Å². The number of nitrogens with one attached hydrogen (secondary N) is 1. The van der Waals surface area contributed by atoms with E-state index < -0.39 is 5.76 Å². The number of thioether (sulfide) groups is 1. The van der Waals surface area contributed by atoms with Crippen LogP contribution in [-0.2, 0) is 6.54 Å². The fourth-order valence-corrected chi connectivity index (χ4v) is 2.47. The molecule has 0 atom stereocenters. The SMILES string of the molecule is FC(F)Sc1ccccc1NCc1cncs1. The van der Waals surface area contributed by atoms with Crippen LogP contribution in [0.25, 0.3) is 0 Å². The summed E-state index contributed by atoms with van der Waals surface area (Å²) < 4.78 is 24.7. The molecule has 2 aromatic rings. The average Bonchev–Trinajstić information content (AvgIpc) is 2.80. The van der Waals surface area contributed by atoms with E-state index in [0.29, 0.717) is 23.2 Å². The maximum atomic E-state index is 12.3. The van der Waals surface area contributed by atoms with E-state index in [1.165, 1.54) is 11.3 Å². The van der Waals surface area contributed by atoms with E-state index in [4.69, 9.17) is 0 Å². The van der Waals surface area contributed by atoms with Crippen molar-refractivity contribution in [1.82, 2.24) is 4.98 Å². The molecule has 0 aliphatic carbocycles. The number of nitrogens with zero attached hydrogens (tertiary/aromatic N) is 1. The number of para-hydroxylation sites is 1. The van der Waals surface area contributed by atoms with E-state index in [1.54, 1.807) is 29.9 Å². The van der Waals surface area contributed by atoms with Crippen molar-refractivity contribution in [1.29, 1.82) is 0 Å². The number of alkyl halides is 2. The second kappa shape index (κ2) is 5.97. The van der Waals surface area contributed by atoms with Crippen LogP contribution in [0.3, 0.4) is 0 Å². The first-order valence-electron chi connectivity index (χ1n) is 4.91. The van der Waals surface area contributed by atoms with Gasteiger partial charge >= 0.3 is 0 Å². The van der Waals surface area contributed by atoms with Gasteiger partial charge in [0.25, 0.3) is 5.76 Å². The third-order valence-corrected chi connectivity index (χ3v) is 3.61. The summed E-state index contributed by atoms with van der Waals surface area (Å²) in [5.74, 6) is -2.40. The van der Waals surface area contributed by atoms with Crippen molar-refractivity contribution < 1.29 is 8.78 Å². The van der Waals surface area contributed by atoms with Gasteiger partial charge in [0.1, 0.15) is 0 Å². The highest BCUT2D eigenvalue weighted by molar-refractivity contribution is 7.99. The molecule has 0 saturated carbocycles. The second-order valence-corrected chi connectivity index (χ2v) is 5.20. The van der Waals surface area contributed by atoms with Gasteiger partial charge in [-0.15, -0.1) is 11.3 Å². The highest BCUT2D eigenvalue weighted by Crippen LogP contribution is 2.31. The van der Waals surface area contributed by atoms with Gasteiger partial charge in [0.2, 0.25) is 0 Å². The molecule has 0 bridgehead atoms. The predicted molar refractivity (Wildman–Crippen MR) is 67.7 cm³/mol. The van der Waals surface area contributed by atoms with Crippen molar-refractivity contribution in [2.45, 2.75) is 17.2 Å². The maximum Gasteiger partial charge on any atom is 0.288 e. The summed E-state index contributed by atoms with van der Waals surface area (Å²) in [7, 11) is 0. The fraction of sp³-hybridized carbons (Fsp3) is 0.182. The van der Waals surface area contributed by atoms with Crippen LogP contribution in [0.2, 0.25) is 0 Å². The number of anilines is 1. The Morgan fingerprint density at radius 2 is 2.18 bits per heavy atom. The minimum atomic E-state index is -2.40. The van der Waals surface area contributed by atoms with Gasteiger partial charge in [0.15, 0.2) is 0 Å². The molecule has 0 radical (unpaired) electrons. The number of thiazole rings is 1. The van der Waals surface area contributed by atoms with Crippen molar-refractivity contribution in [3.8, 4) is 0 Å². The van der Waals surface area contributed by atoms with E-state index in [9.17, 15) is 8.78 Å². The minimum absolute atomic E-state index is 0.554. The third kappa shape index (κ3) is 3.67. The Bertz CT molecular complexity index is 460. The van der Waals surface area contributed by atoms with E-state index in [-0.39, 0.29) is 0 Å². The summed E-state index contributed by atoms with van der Waals surface area (Å²) >= 11 is 2.09. The molecule has 0 spiro atoms. The van der Waals surface area contributed by atoms with Crippen molar-refractivity contribution in [3.05, 3.63) is 40.8 Å². The number of benzene rings is 1. The van der Waals surface area contributed by atoms with Gasteiger partial charge in [-0.3, -0.25) is 4.98 Å². The number of hydrogen-bond donors (Lipinski definition) is 1. The molecule has 1 aromatic carbocycles. The van der Waals surface area contributed by atoms with Crippen molar-refractivity contribution >= 4 is 28.8 Å². The first kappa shape index (κ1) is 12.3. The first-order valence-corrected chi connectivity index (χ1v) is 6.66. The normalized spacial score (nSPS) is 10.8. The van der Waals surface area contributed by atoms with Crippen molar-refractivity contribution in [3.63, 3.8) is 0 Å². The molecule has 17 heavy (non-hydrogen) atoms. The van der Waals surface area contributed by atoms with Gasteiger partial charge in [-0.2, -0.15) is 8.78 Å². The van der Waals surface area contributed by atoms with Gasteiger partial charge in [0, 0.05) is 21.7 Å². The first-order chi connectivity index (χ1) is 8.25. The van der Waals surface area contributed by atoms with Crippen LogP contribution < -0.4 is 5.32 Å². The number of aromatic nitrogens is 1. The zero-order chi connectivity index (χ0) is 12.1. The molecule has 2 nitrogen and oxygen atoms in total. The van der Waals surface area contributed by atoms with E-state index >= 15 is 0 Å². The van der Waals surface area contributed by atoms with E-state index in [0.717, 1.165) is 10.6 Å². The van der Waals surface area contributed by atoms with Gasteiger partial charge in [0.05, 0.1) is 12.1 Å². The number of hydrogen-bond acceptors (Lipinski definition) is 4. The van der Waals surface area contributed by atoms with Gasteiger partial charge in [-0.25, -0.2) is 0 Å². The minimum Gasteiger partial charge on any atom is -0.379 e. The van der Waals surface area contributed by atoms with Crippen LogP contribution in [-0.4, -0.2) is 10.7 Å². The van der Waals surface area contributed by atoms with Crippen molar-refractivity contribution in [2.24, 2.45) is 0 Å². The number of rotatable bonds is 5. The van der Waals surface area contributed by atoms with Gasteiger partial charge in [-0.05, 0) is 12.1 Å². The zero-order valence-corrected chi connectivity index (χ0v) is 10.4. The smallest absolute Gasteiger partial charge is 0.288 e.